The normalized spacial score (nSPS) is 26.4. The van der Waals surface area contributed by atoms with E-state index in [9.17, 15) is 4.39 Å². The van der Waals surface area contributed by atoms with Gasteiger partial charge in [-0.25, -0.2) is 4.39 Å². The lowest BCUT2D eigenvalue weighted by atomic mass is 9.65. The van der Waals surface area contributed by atoms with Crippen molar-refractivity contribution in [2.45, 2.75) is 39.5 Å². The van der Waals surface area contributed by atoms with Gasteiger partial charge in [-0.3, -0.25) is 0 Å². The highest BCUT2D eigenvalue weighted by Crippen LogP contribution is 2.43. The maximum atomic E-state index is 13.5. The van der Waals surface area contributed by atoms with Crippen LogP contribution in [-0.4, -0.2) is 6.54 Å². The molecule has 1 aromatic carbocycles. The first-order chi connectivity index (χ1) is 8.93. The minimum atomic E-state index is -0.321. The average Bonchev–Trinajstić information content (AvgIpc) is 2.34. The van der Waals surface area contributed by atoms with Crippen LogP contribution in [0.2, 0.25) is 5.02 Å². The molecule has 0 spiro atoms. The molecule has 106 valence electrons. The first-order valence-electron chi connectivity index (χ1n) is 7.06. The van der Waals surface area contributed by atoms with E-state index in [1.54, 1.807) is 6.07 Å². The summed E-state index contributed by atoms with van der Waals surface area (Å²) in [6, 6.07) is 5.08. The van der Waals surface area contributed by atoms with E-state index in [-0.39, 0.29) is 10.8 Å². The van der Waals surface area contributed by atoms with Gasteiger partial charge in [0.05, 0.1) is 5.02 Å². The van der Waals surface area contributed by atoms with Gasteiger partial charge in [-0.1, -0.05) is 37.6 Å². The van der Waals surface area contributed by atoms with Gasteiger partial charge >= 0.3 is 0 Å². The zero-order chi connectivity index (χ0) is 14.0. The Morgan fingerprint density at radius 2 is 2.11 bits per heavy atom. The summed E-state index contributed by atoms with van der Waals surface area (Å²) in [6.07, 6.45) is 4.37. The van der Waals surface area contributed by atoms with Crippen molar-refractivity contribution in [1.82, 2.24) is 0 Å². The molecule has 0 aliphatic heterocycles. The lowest BCUT2D eigenvalue weighted by Gasteiger charge is -2.40. The summed E-state index contributed by atoms with van der Waals surface area (Å²) >= 11 is 6.07. The first kappa shape index (κ1) is 14.8. The van der Waals surface area contributed by atoms with Gasteiger partial charge in [-0.2, -0.15) is 0 Å². The van der Waals surface area contributed by atoms with Crippen molar-refractivity contribution in [3.05, 3.63) is 34.6 Å². The number of halogens is 2. The number of rotatable bonds is 3. The van der Waals surface area contributed by atoms with Gasteiger partial charge in [0.25, 0.3) is 0 Å². The fourth-order valence-electron chi connectivity index (χ4n) is 3.33. The molecule has 3 heteroatoms. The van der Waals surface area contributed by atoms with Crippen molar-refractivity contribution in [3.63, 3.8) is 0 Å². The zero-order valence-electron chi connectivity index (χ0n) is 11.8. The number of hydrogen-bond acceptors (Lipinski definition) is 1. The fourth-order valence-corrected chi connectivity index (χ4v) is 3.53. The predicted octanol–water partition coefficient (Wildman–Crippen LogP) is 4.42. The summed E-state index contributed by atoms with van der Waals surface area (Å²) in [5.41, 5.74) is 7.17. The molecular formula is C16H23ClFN. The highest BCUT2D eigenvalue weighted by molar-refractivity contribution is 6.31. The van der Waals surface area contributed by atoms with Gasteiger partial charge in [0, 0.05) is 0 Å². The number of nitrogens with two attached hydrogens (primary N) is 1. The molecule has 1 aliphatic carbocycles. The molecule has 0 amide bonds. The van der Waals surface area contributed by atoms with Crippen LogP contribution in [0, 0.1) is 23.1 Å². The molecule has 0 aromatic heterocycles. The molecule has 0 saturated heterocycles. The molecule has 2 N–H and O–H groups in total. The molecule has 19 heavy (non-hydrogen) atoms. The zero-order valence-corrected chi connectivity index (χ0v) is 12.5. The number of hydrogen-bond donors (Lipinski definition) is 1. The molecule has 1 nitrogen and oxygen atoms in total. The topological polar surface area (TPSA) is 26.0 Å². The van der Waals surface area contributed by atoms with Crippen molar-refractivity contribution in [3.8, 4) is 0 Å². The lowest BCUT2D eigenvalue weighted by Crippen LogP contribution is -2.35. The van der Waals surface area contributed by atoms with E-state index in [1.165, 1.54) is 18.9 Å². The summed E-state index contributed by atoms with van der Waals surface area (Å²) in [4.78, 5) is 0. The third-order valence-electron chi connectivity index (χ3n) is 4.49. The Bertz CT molecular complexity index is 444. The Balaban J connectivity index is 2.17. The van der Waals surface area contributed by atoms with Gasteiger partial charge in [-0.15, -0.1) is 0 Å². The van der Waals surface area contributed by atoms with Crippen molar-refractivity contribution in [2.75, 3.05) is 6.54 Å². The Morgan fingerprint density at radius 1 is 1.37 bits per heavy atom. The standard InChI is InChI=1S/C16H23ClFN/c1-16(2)7-6-12(10-19)13(9-16)8-11-4-3-5-14(18)15(11)17/h3-5,12-13H,6-10,19H2,1-2H3. The van der Waals surface area contributed by atoms with Crippen molar-refractivity contribution in [2.24, 2.45) is 23.0 Å². The Kier molecular flexibility index (Phi) is 4.52. The van der Waals surface area contributed by atoms with E-state index in [2.05, 4.69) is 13.8 Å². The van der Waals surface area contributed by atoms with E-state index in [1.807, 2.05) is 6.07 Å². The monoisotopic (exact) mass is 283 g/mol. The van der Waals surface area contributed by atoms with Crippen LogP contribution < -0.4 is 5.73 Å². The van der Waals surface area contributed by atoms with E-state index in [4.69, 9.17) is 17.3 Å². The van der Waals surface area contributed by atoms with Gasteiger partial charge < -0.3 is 5.73 Å². The average molecular weight is 284 g/mol. The second-order valence-electron chi connectivity index (χ2n) is 6.58. The summed E-state index contributed by atoms with van der Waals surface area (Å²) in [6.45, 7) is 5.33. The molecule has 0 radical (unpaired) electrons. The fraction of sp³-hybridized carbons (Fsp3) is 0.625. The van der Waals surface area contributed by atoms with Crippen LogP contribution in [0.4, 0.5) is 4.39 Å². The Labute approximate surface area is 120 Å². The quantitative estimate of drug-likeness (QED) is 0.873. The summed E-state index contributed by atoms with van der Waals surface area (Å²) < 4.78 is 13.5. The van der Waals surface area contributed by atoms with Crippen LogP contribution in [0.5, 0.6) is 0 Å². The largest absolute Gasteiger partial charge is 0.330 e. The Morgan fingerprint density at radius 3 is 2.79 bits per heavy atom. The molecular weight excluding hydrogens is 261 g/mol. The van der Waals surface area contributed by atoms with Gasteiger partial charge in [-0.05, 0) is 61.1 Å². The second kappa shape index (κ2) is 5.80. The third-order valence-corrected chi connectivity index (χ3v) is 4.91. The summed E-state index contributed by atoms with van der Waals surface area (Å²) in [5.74, 6) is 0.721. The molecule has 1 fully saturated rings. The van der Waals surface area contributed by atoms with Gasteiger partial charge in [0.2, 0.25) is 0 Å². The highest BCUT2D eigenvalue weighted by Gasteiger charge is 2.34. The minimum absolute atomic E-state index is 0.279. The summed E-state index contributed by atoms with van der Waals surface area (Å²) in [5, 5.41) is 0.279. The maximum Gasteiger partial charge on any atom is 0.142 e. The molecule has 2 rings (SSSR count). The minimum Gasteiger partial charge on any atom is -0.330 e. The van der Waals surface area contributed by atoms with Crippen LogP contribution >= 0.6 is 11.6 Å². The van der Waals surface area contributed by atoms with Crippen LogP contribution in [0.15, 0.2) is 18.2 Å². The first-order valence-corrected chi connectivity index (χ1v) is 7.44. The van der Waals surface area contributed by atoms with E-state index in [0.29, 0.717) is 23.8 Å². The number of benzene rings is 1. The molecule has 0 heterocycles. The Hall–Kier alpha value is -0.600. The molecule has 2 unspecified atom stereocenters. The van der Waals surface area contributed by atoms with Gasteiger partial charge in [0.1, 0.15) is 5.82 Å². The maximum absolute atomic E-state index is 13.5. The summed E-state index contributed by atoms with van der Waals surface area (Å²) in [7, 11) is 0. The van der Waals surface area contributed by atoms with E-state index >= 15 is 0 Å². The highest BCUT2D eigenvalue weighted by atomic mass is 35.5. The predicted molar refractivity (Wildman–Crippen MR) is 78.8 cm³/mol. The lowest BCUT2D eigenvalue weighted by molar-refractivity contribution is 0.121. The molecule has 1 aliphatic rings. The van der Waals surface area contributed by atoms with E-state index < -0.39 is 0 Å². The van der Waals surface area contributed by atoms with Crippen LogP contribution in [0.3, 0.4) is 0 Å². The smallest absolute Gasteiger partial charge is 0.142 e. The van der Waals surface area contributed by atoms with Crippen LogP contribution in [0.25, 0.3) is 0 Å². The molecule has 2 atom stereocenters. The van der Waals surface area contributed by atoms with Gasteiger partial charge in [0.15, 0.2) is 0 Å². The molecule has 0 bridgehead atoms. The van der Waals surface area contributed by atoms with Crippen LogP contribution in [-0.2, 0) is 6.42 Å². The van der Waals surface area contributed by atoms with E-state index in [0.717, 1.165) is 18.4 Å². The second-order valence-corrected chi connectivity index (χ2v) is 6.96. The molecule has 1 aromatic rings. The molecule has 1 saturated carbocycles. The van der Waals surface area contributed by atoms with Crippen molar-refractivity contribution >= 4 is 11.6 Å². The third kappa shape index (κ3) is 3.49. The SMILES string of the molecule is CC1(C)CCC(CN)C(Cc2cccc(F)c2Cl)C1. The van der Waals surface area contributed by atoms with Crippen LogP contribution in [0.1, 0.15) is 38.7 Å². The van der Waals surface area contributed by atoms with Crippen molar-refractivity contribution < 1.29 is 4.39 Å². The van der Waals surface area contributed by atoms with Crippen molar-refractivity contribution in [1.29, 1.82) is 0 Å².